The van der Waals surface area contributed by atoms with Crippen LogP contribution in [0.5, 0.6) is 5.75 Å². The molecule has 2 heteroatoms. The van der Waals surface area contributed by atoms with E-state index in [0.717, 1.165) is 43.1 Å². The van der Waals surface area contributed by atoms with E-state index in [1.165, 1.54) is 38.5 Å². The van der Waals surface area contributed by atoms with Crippen LogP contribution in [-0.4, -0.2) is 13.2 Å². The number of hydrogen-bond donors (Lipinski definition) is 1. The Balaban J connectivity index is 1.71. The lowest BCUT2D eigenvalue weighted by molar-refractivity contribution is 0.157. The standard InChI is InChI=1S/C19H31NO/c1-2-7-16-11-12-18(15-20)17(14-16)8-6-13-21-19-9-4-3-5-10-19/h3-5,9-10,16-18H,2,6-8,11-15,20H2,1H3. The minimum absolute atomic E-state index is 0.745. The maximum Gasteiger partial charge on any atom is 0.119 e. The van der Waals surface area contributed by atoms with Gasteiger partial charge in [-0.15, -0.1) is 0 Å². The molecular weight excluding hydrogens is 258 g/mol. The molecule has 118 valence electrons. The van der Waals surface area contributed by atoms with Gasteiger partial charge in [0.1, 0.15) is 5.75 Å². The summed E-state index contributed by atoms with van der Waals surface area (Å²) in [6.45, 7) is 4.00. The second-order valence-corrected chi connectivity index (χ2v) is 6.53. The molecule has 0 saturated heterocycles. The first kappa shape index (κ1) is 16.4. The highest BCUT2D eigenvalue weighted by Gasteiger charge is 2.28. The average Bonchev–Trinajstić information content (AvgIpc) is 2.53. The molecule has 1 aromatic rings. The fourth-order valence-corrected chi connectivity index (χ4v) is 3.81. The highest BCUT2D eigenvalue weighted by molar-refractivity contribution is 5.20. The number of benzene rings is 1. The monoisotopic (exact) mass is 289 g/mol. The third-order valence-electron chi connectivity index (χ3n) is 4.98. The second-order valence-electron chi connectivity index (χ2n) is 6.53. The van der Waals surface area contributed by atoms with Crippen molar-refractivity contribution in [1.29, 1.82) is 0 Å². The molecule has 0 amide bonds. The molecule has 1 aromatic carbocycles. The molecule has 1 saturated carbocycles. The van der Waals surface area contributed by atoms with Crippen LogP contribution in [0.3, 0.4) is 0 Å². The predicted octanol–water partition coefficient (Wildman–Crippen LogP) is 4.64. The fraction of sp³-hybridized carbons (Fsp3) is 0.684. The van der Waals surface area contributed by atoms with Crippen LogP contribution in [0, 0.1) is 17.8 Å². The zero-order valence-electron chi connectivity index (χ0n) is 13.5. The van der Waals surface area contributed by atoms with Crippen LogP contribution < -0.4 is 10.5 Å². The Morgan fingerprint density at radius 1 is 1.10 bits per heavy atom. The summed E-state index contributed by atoms with van der Waals surface area (Å²) in [4.78, 5) is 0. The zero-order chi connectivity index (χ0) is 14.9. The Bertz CT molecular complexity index is 378. The largest absolute Gasteiger partial charge is 0.494 e. The van der Waals surface area contributed by atoms with Crippen molar-refractivity contribution in [3.8, 4) is 5.75 Å². The Kier molecular flexibility index (Phi) is 7.08. The molecule has 2 rings (SSSR count). The molecule has 0 bridgehead atoms. The van der Waals surface area contributed by atoms with Crippen molar-refractivity contribution in [2.75, 3.05) is 13.2 Å². The van der Waals surface area contributed by atoms with Gasteiger partial charge in [0.15, 0.2) is 0 Å². The van der Waals surface area contributed by atoms with Gasteiger partial charge in [-0.25, -0.2) is 0 Å². The maximum absolute atomic E-state index is 5.98. The van der Waals surface area contributed by atoms with E-state index < -0.39 is 0 Å². The van der Waals surface area contributed by atoms with Gasteiger partial charge in [-0.2, -0.15) is 0 Å². The fourth-order valence-electron chi connectivity index (χ4n) is 3.81. The van der Waals surface area contributed by atoms with Crippen LogP contribution in [0.1, 0.15) is 51.9 Å². The molecule has 3 atom stereocenters. The third-order valence-corrected chi connectivity index (χ3v) is 4.98. The first-order valence-electron chi connectivity index (χ1n) is 8.71. The van der Waals surface area contributed by atoms with Crippen LogP contribution >= 0.6 is 0 Å². The van der Waals surface area contributed by atoms with Crippen LogP contribution in [0.4, 0.5) is 0 Å². The minimum atomic E-state index is 0.745. The van der Waals surface area contributed by atoms with E-state index in [1.54, 1.807) is 0 Å². The summed E-state index contributed by atoms with van der Waals surface area (Å²) in [7, 11) is 0. The summed E-state index contributed by atoms with van der Waals surface area (Å²) >= 11 is 0. The molecule has 1 fully saturated rings. The lowest BCUT2D eigenvalue weighted by Gasteiger charge is -2.35. The molecule has 2 nitrogen and oxygen atoms in total. The van der Waals surface area contributed by atoms with Crippen molar-refractivity contribution < 1.29 is 4.74 Å². The van der Waals surface area contributed by atoms with E-state index >= 15 is 0 Å². The summed E-state index contributed by atoms with van der Waals surface area (Å²) in [6, 6.07) is 10.1. The average molecular weight is 289 g/mol. The van der Waals surface area contributed by atoms with Gasteiger partial charge in [-0.3, -0.25) is 0 Å². The van der Waals surface area contributed by atoms with E-state index in [2.05, 4.69) is 6.92 Å². The maximum atomic E-state index is 5.98. The van der Waals surface area contributed by atoms with Crippen molar-refractivity contribution in [1.82, 2.24) is 0 Å². The second kappa shape index (κ2) is 9.09. The summed E-state index contributed by atoms with van der Waals surface area (Å²) in [5.41, 5.74) is 5.98. The number of para-hydroxylation sites is 1. The minimum Gasteiger partial charge on any atom is -0.494 e. The molecule has 2 N–H and O–H groups in total. The van der Waals surface area contributed by atoms with Crippen molar-refractivity contribution in [2.45, 2.75) is 51.9 Å². The normalized spacial score (nSPS) is 25.7. The first-order valence-corrected chi connectivity index (χ1v) is 8.71. The lowest BCUT2D eigenvalue weighted by Crippen LogP contribution is -2.30. The molecule has 0 heterocycles. The number of hydrogen-bond acceptors (Lipinski definition) is 2. The molecule has 1 aliphatic rings. The molecule has 1 aliphatic carbocycles. The van der Waals surface area contributed by atoms with Crippen LogP contribution in [0.25, 0.3) is 0 Å². The molecular formula is C19H31NO. The van der Waals surface area contributed by atoms with Gasteiger partial charge in [0, 0.05) is 0 Å². The van der Waals surface area contributed by atoms with Crippen LogP contribution in [0.2, 0.25) is 0 Å². The van der Waals surface area contributed by atoms with Gasteiger partial charge in [0.2, 0.25) is 0 Å². The van der Waals surface area contributed by atoms with E-state index in [1.807, 2.05) is 30.3 Å². The van der Waals surface area contributed by atoms with Gasteiger partial charge < -0.3 is 10.5 Å². The molecule has 0 spiro atoms. The number of rotatable bonds is 8. The van der Waals surface area contributed by atoms with Crippen molar-refractivity contribution in [3.05, 3.63) is 30.3 Å². The third kappa shape index (κ3) is 5.35. The first-order chi connectivity index (χ1) is 10.3. The SMILES string of the molecule is CCCC1CCC(CN)C(CCCOc2ccccc2)C1. The molecule has 0 aliphatic heterocycles. The Labute approximate surface area is 130 Å². The summed E-state index contributed by atoms with van der Waals surface area (Å²) in [6.07, 6.45) is 9.26. The smallest absolute Gasteiger partial charge is 0.119 e. The van der Waals surface area contributed by atoms with Gasteiger partial charge >= 0.3 is 0 Å². The quantitative estimate of drug-likeness (QED) is 0.708. The predicted molar refractivity (Wildman–Crippen MR) is 89.5 cm³/mol. The van der Waals surface area contributed by atoms with Gasteiger partial charge in [0.25, 0.3) is 0 Å². The number of ether oxygens (including phenoxy) is 1. The molecule has 21 heavy (non-hydrogen) atoms. The van der Waals surface area contributed by atoms with Gasteiger partial charge in [-0.1, -0.05) is 44.4 Å². The summed E-state index contributed by atoms with van der Waals surface area (Å²) < 4.78 is 5.81. The Morgan fingerprint density at radius 3 is 2.62 bits per heavy atom. The van der Waals surface area contributed by atoms with Gasteiger partial charge in [0.05, 0.1) is 6.61 Å². The van der Waals surface area contributed by atoms with Crippen molar-refractivity contribution >= 4 is 0 Å². The van der Waals surface area contributed by atoms with Crippen molar-refractivity contribution in [3.63, 3.8) is 0 Å². The van der Waals surface area contributed by atoms with Crippen LogP contribution in [0.15, 0.2) is 30.3 Å². The summed E-state index contributed by atoms with van der Waals surface area (Å²) in [5.74, 6) is 3.49. The lowest BCUT2D eigenvalue weighted by atomic mass is 9.71. The van der Waals surface area contributed by atoms with Crippen LogP contribution in [-0.2, 0) is 0 Å². The van der Waals surface area contributed by atoms with E-state index in [4.69, 9.17) is 10.5 Å². The van der Waals surface area contributed by atoms with Gasteiger partial charge in [-0.05, 0) is 62.1 Å². The highest BCUT2D eigenvalue weighted by Crippen LogP contribution is 2.38. The molecule has 0 radical (unpaired) electrons. The number of nitrogens with two attached hydrogens (primary N) is 1. The molecule has 0 aromatic heterocycles. The highest BCUT2D eigenvalue weighted by atomic mass is 16.5. The summed E-state index contributed by atoms with van der Waals surface area (Å²) in [5, 5.41) is 0. The zero-order valence-corrected chi connectivity index (χ0v) is 13.5. The Morgan fingerprint density at radius 2 is 1.90 bits per heavy atom. The molecule has 3 unspecified atom stereocenters. The van der Waals surface area contributed by atoms with E-state index in [9.17, 15) is 0 Å². The van der Waals surface area contributed by atoms with E-state index in [0.29, 0.717) is 0 Å². The van der Waals surface area contributed by atoms with Crippen molar-refractivity contribution in [2.24, 2.45) is 23.5 Å². The topological polar surface area (TPSA) is 35.2 Å². The van der Waals surface area contributed by atoms with E-state index in [-0.39, 0.29) is 0 Å². The Hall–Kier alpha value is -1.02.